The van der Waals surface area contributed by atoms with Crippen molar-refractivity contribution in [2.24, 2.45) is 17.8 Å². The second kappa shape index (κ2) is 4.53. The van der Waals surface area contributed by atoms with E-state index in [1.165, 1.54) is 25.7 Å². The molecule has 0 bridgehead atoms. The van der Waals surface area contributed by atoms with Gasteiger partial charge < -0.3 is 11.1 Å². The summed E-state index contributed by atoms with van der Waals surface area (Å²) in [4.78, 5) is 16.3. The summed E-state index contributed by atoms with van der Waals surface area (Å²) < 4.78 is 0.736. The molecule has 1 aromatic rings. The number of nitrogens with two attached hydrogens (primary N) is 1. The Morgan fingerprint density at radius 3 is 2.67 bits per heavy atom. The van der Waals surface area contributed by atoms with Gasteiger partial charge in [0, 0.05) is 5.92 Å². The summed E-state index contributed by atoms with van der Waals surface area (Å²) in [5.41, 5.74) is 6.20. The number of carbonyl (C=O) groups is 1. The van der Waals surface area contributed by atoms with Gasteiger partial charge in [-0.2, -0.15) is 0 Å². The fourth-order valence-electron chi connectivity index (χ4n) is 3.13. The maximum Gasteiger partial charge on any atom is 0.229 e. The Balaban J connectivity index is 1.68. The van der Waals surface area contributed by atoms with E-state index >= 15 is 0 Å². The maximum absolute atomic E-state index is 12.2. The number of nitrogen functional groups attached to an aromatic ring is 1. The van der Waals surface area contributed by atoms with Crippen LogP contribution in [0, 0.1) is 17.8 Å². The largest absolute Gasteiger partial charge is 0.397 e. The Kier molecular flexibility index (Phi) is 3.01. The second-order valence-electron chi connectivity index (χ2n) is 5.23. The average molecular weight is 310 g/mol. The monoisotopic (exact) mass is 309 g/mol. The first kappa shape index (κ1) is 12.0. The summed E-state index contributed by atoms with van der Waals surface area (Å²) in [6.45, 7) is 0. The molecule has 2 aliphatic carbocycles. The van der Waals surface area contributed by atoms with Crippen LogP contribution in [0.15, 0.2) is 16.7 Å². The number of hydrogen-bond donors (Lipinski definition) is 2. The van der Waals surface area contributed by atoms with E-state index in [-0.39, 0.29) is 11.8 Å². The minimum Gasteiger partial charge on any atom is -0.397 e. The third-order valence-electron chi connectivity index (χ3n) is 4.06. The summed E-state index contributed by atoms with van der Waals surface area (Å²) >= 11 is 3.36. The number of halogens is 1. The molecule has 4 nitrogen and oxygen atoms in total. The Hall–Kier alpha value is -1.10. The van der Waals surface area contributed by atoms with Gasteiger partial charge in [-0.25, -0.2) is 4.98 Å². The van der Waals surface area contributed by atoms with Crippen molar-refractivity contribution in [2.75, 3.05) is 11.1 Å². The van der Waals surface area contributed by atoms with Gasteiger partial charge in [0.15, 0.2) is 0 Å². The number of anilines is 2. The van der Waals surface area contributed by atoms with E-state index in [9.17, 15) is 4.79 Å². The van der Waals surface area contributed by atoms with Crippen LogP contribution in [0.5, 0.6) is 0 Å². The van der Waals surface area contributed by atoms with E-state index < -0.39 is 0 Å². The van der Waals surface area contributed by atoms with Crippen LogP contribution in [0.4, 0.5) is 11.5 Å². The predicted molar refractivity (Wildman–Crippen MR) is 73.9 cm³/mol. The third-order valence-corrected chi connectivity index (χ3v) is 4.67. The molecule has 0 aliphatic heterocycles. The highest BCUT2D eigenvalue weighted by Gasteiger charge is 2.54. The fraction of sp³-hybridized carbons (Fsp3) is 0.538. The van der Waals surface area contributed by atoms with Gasteiger partial charge in [0.05, 0.1) is 16.4 Å². The summed E-state index contributed by atoms with van der Waals surface area (Å²) in [5.74, 6) is 2.12. The highest BCUT2D eigenvalue weighted by molar-refractivity contribution is 9.10. The molecule has 3 rings (SSSR count). The van der Waals surface area contributed by atoms with Gasteiger partial charge in [0.2, 0.25) is 5.91 Å². The number of nitrogens with zero attached hydrogens (tertiary/aromatic N) is 1. The molecule has 5 heteroatoms. The lowest BCUT2D eigenvalue weighted by Crippen LogP contribution is -2.16. The van der Waals surface area contributed by atoms with Crippen molar-refractivity contribution >= 4 is 33.3 Å². The molecule has 1 aromatic heterocycles. The van der Waals surface area contributed by atoms with Crippen molar-refractivity contribution in [1.82, 2.24) is 4.98 Å². The van der Waals surface area contributed by atoms with Gasteiger partial charge >= 0.3 is 0 Å². The molecule has 96 valence electrons. The standard InChI is InChI=1S/C13H16BrN3O/c14-10-5-7(15)6-16-12(10)17-13(18)11-8-3-1-2-4-9(8)11/h5-6,8-9,11H,1-4,15H2,(H,16,17,18). The van der Waals surface area contributed by atoms with Crippen molar-refractivity contribution in [3.05, 3.63) is 16.7 Å². The molecule has 1 heterocycles. The summed E-state index contributed by atoms with van der Waals surface area (Å²) in [7, 11) is 0. The SMILES string of the molecule is Nc1cnc(NC(=O)C2C3CCCCC32)c(Br)c1. The average Bonchev–Trinajstić information content (AvgIpc) is 3.07. The Labute approximate surface area is 114 Å². The van der Waals surface area contributed by atoms with Gasteiger partial charge in [0.25, 0.3) is 0 Å². The summed E-state index contributed by atoms with van der Waals surface area (Å²) in [6.07, 6.45) is 6.52. The van der Waals surface area contributed by atoms with Gasteiger partial charge in [-0.3, -0.25) is 4.79 Å². The van der Waals surface area contributed by atoms with E-state index in [1.54, 1.807) is 12.3 Å². The van der Waals surface area contributed by atoms with Crippen molar-refractivity contribution < 1.29 is 4.79 Å². The zero-order valence-corrected chi connectivity index (χ0v) is 11.6. The smallest absolute Gasteiger partial charge is 0.229 e. The molecule has 2 atom stereocenters. The molecule has 3 N–H and O–H groups in total. The fourth-order valence-corrected chi connectivity index (χ4v) is 3.59. The molecule has 0 radical (unpaired) electrons. The molecular weight excluding hydrogens is 294 g/mol. The lowest BCUT2D eigenvalue weighted by Gasteiger charge is -2.06. The topological polar surface area (TPSA) is 68.0 Å². The lowest BCUT2D eigenvalue weighted by molar-refractivity contribution is -0.117. The molecule has 2 unspecified atom stereocenters. The van der Waals surface area contributed by atoms with Gasteiger partial charge in [-0.1, -0.05) is 12.8 Å². The lowest BCUT2D eigenvalue weighted by atomic mass is 10.0. The molecule has 18 heavy (non-hydrogen) atoms. The van der Waals surface area contributed by atoms with Gasteiger partial charge in [-0.05, 0) is 46.7 Å². The predicted octanol–water partition coefficient (Wildman–Crippen LogP) is 2.80. The quantitative estimate of drug-likeness (QED) is 0.882. The van der Waals surface area contributed by atoms with Crippen LogP contribution in [0.25, 0.3) is 0 Å². The van der Waals surface area contributed by atoms with E-state index in [4.69, 9.17) is 5.73 Å². The highest BCUT2D eigenvalue weighted by Crippen LogP contribution is 2.55. The highest BCUT2D eigenvalue weighted by atomic mass is 79.9. The van der Waals surface area contributed by atoms with Crippen molar-refractivity contribution in [2.45, 2.75) is 25.7 Å². The van der Waals surface area contributed by atoms with E-state index in [1.807, 2.05) is 0 Å². The number of aromatic nitrogens is 1. The number of pyridine rings is 1. The molecule has 1 amide bonds. The van der Waals surface area contributed by atoms with Crippen molar-refractivity contribution in [3.63, 3.8) is 0 Å². The molecule has 2 fully saturated rings. The molecule has 0 aromatic carbocycles. The molecule has 2 saturated carbocycles. The minimum atomic E-state index is 0.116. The summed E-state index contributed by atoms with van der Waals surface area (Å²) in [6, 6.07) is 1.75. The van der Waals surface area contributed by atoms with Gasteiger partial charge in [-0.15, -0.1) is 0 Å². The van der Waals surface area contributed by atoms with Gasteiger partial charge in [0.1, 0.15) is 5.82 Å². The van der Waals surface area contributed by atoms with Crippen LogP contribution < -0.4 is 11.1 Å². The first-order chi connectivity index (χ1) is 8.66. The van der Waals surface area contributed by atoms with E-state index in [0.717, 1.165) is 4.47 Å². The Morgan fingerprint density at radius 1 is 1.39 bits per heavy atom. The molecular formula is C13H16BrN3O. The van der Waals surface area contributed by atoms with Crippen LogP contribution in [0.2, 0.25) is 0 Å². The van der Waals surface area contributed by atoms with Crippen LogP contribution in [-0.2, 0) is 4.79 Å². The van der Waals surface area contributed by atoms with E-state index in [2.05, 4.69) is 26.2 Å². The number of fused-ring (bicyclic) bond motifs is 1. The zero-order chi connectivity index (χ0) is 12.7. The Bertz CT molecular complexity index is 479. The van der Waals surface area contributed by atoms with Crippen LogP contribution in [0.3, 0.4) is 0 Å². The molecule has 0 saturated heterocycles. The Morgan fingerprint density at radius 2 is 2.06 bits per heavy atom. The third kappa shape index (κ3) is 2.11. The summed E-state index contributed by atoms with van der Waals surface area (Å²) in [5, 5.41) is 2.90. The zero-order valence-electron chi connectivity index (χ0n) is 10.0. The number of nitrogens with one attached hydrogen (secondary N) is 1. The number of hydrogen-bond acceptors (Lipinski definition) is 3. The number of amides is 1. The van der Waals surface area contributed by atoms with Crippen molar-refractivity contribution in [1.29, 1.82) is 0 Å². The van der Waals surface area contributed by atoms with Crippen LogP contribution >= 0.6 is 15.9 Å². The van der Waals surface area contributed by atoms with Crippen LogP contribution in [0.1, 0.15) is 25.7 Å². The minimum absolute atomic E-state index is 0.116. The second-order valence-corrected chi connectivity index (χ2v) is 6.08. The van der Waals surface area contributed by atoms with Crippen LogP contribution in [-0.4, -0.2) is 10.9 Å². The van der Waals surface area contributed by atoms with E-state index in [0.29, 0.717) is 23.3 Å². The first-order valence-electron chi connectivity index (χ1n) is 6.38. The molecule has 0 spiro atoms. The number of rotatable bonds is 2. The van der Waals surface area contributed by atoms with Crippen molar-refractivity contribution in [3.8, 4) is 0 Å². The first-order valence-corrected chi connectivity index (χ1v) is 7.18. The maximum atomic E-state index is 12.2. The normalized spacial score (nSPS) is 29.5. The molecule has 2 aliphatic rings. The number of carbonyl (C=O) groups excluding carboxylic acids is 1.